The Balaban J connectivity index is 2.21. The van der Waals surface area contributed by atoms with E-state index in [0.717, 1.165) is 0 Å². The molecule has 0 heterocycles. The second kappa shape index (κ2) is 3.91. The van der Waals surface area contributed by atoms with E-state index in [1.165, 1.54) is 18.2 Å². The Morgan fingerprint density at radius 3 is 2.41 bits per heavy atom. The first kappa shape index (κ1) is 12.2. The number of nitrogens with zero attached hydrogens (tertiary/aromatic N) is 1. The Hall–Kier alpha value is -1.22. The summed E-state index contributed by atoms with van der Waals surface area (Å²) in [7, 11) is 0. The normalized spacial score (nSPS) is 17.4. The van der Waals surface area contributed by atoms with Gasteiger partial charge in [-0.3, -0.25) is 0 Å². The molecule has 90 valence electrons. The number of benzene rings is 1. The molecule has 6 heteroatoms. The Labute approximate surface area is 105 Å². The van der Waals surface area contributed by atoms with E-state index in [1.807, 2.05) is 6.07 Å². The summed E-state index contributed by atoms with van der Waals surface area (Å²) >= 11 is 3.14. The second-order valence-corrected chi connectivity index (χ2v) is 4.87. The molecule has 1 aliphatic rings. The van der Waals surface area contributed by atoms with E-state index < -0.39 is 11.7 Å². The van der Waals surface area contributed by atoms with Crippen molar-refractivity contribution in [1.29, 1.82) is 5.26 Å². The van der Waals surface area contributed by atoms with Crippen LogP contribution >= 0.6 is 15.9 Å². The minimum atomic E-state index is -4.24. The van der Waals surface area contributed by atoms with E-state index >= 15 is 0 Å². The van der Waals surface area contributed by atoms with Crippen LogP contribution in [0.5, 0.6) is 0 Å². The lowest BCUT2D eigenvalue weighted by Crippen LogP contribution is -2.38. The molecule has 2 rings (SSSR count). The Kier molecular flexibility index (Phi) is 2.82. The number of halogens is 4. The molecular formula is C11H8BrF3N2. The van der Waals surface area contributed by atoms with Crippen molar-refractivity contribution in [3.8, 4) is 6.07 Å². The molecule has 1 aromatic carbocycles. The van der Waals surface area contributed by atoms with E-state index in [0.29, 0.717) is 15.7 Å². The van der Waals surface area contributed by atoms with Crippen molar-refractivity contribution in [3.05, 3.63) is 28.2 Å². The zero-order chi connectivity index (χ0) is 12.7. The zero-order valence-electron chi connectivity index (χ0n) is 8.61. The standard InChI is InChI=1S/C11H8BrF3N2/c12-9-5-8(2-1-7(9)6-16)17-10(3-4-10)11(13,14)15/h1-2,5,17H,3-4H2. The van der Waals surface area contributed by atoms with E-state index in [4.69, 9.17) is 5.26 Å². The molecule has 1 N–H and O–H groups in total. The van der Waals surface area contributed by atoms with Gasteiger partial charge in [-0.25, -0.2) is 0 Å². The first-order valence-corrected chi connectivity index (χ1v) is 5.72. The number of anilines is 1. The van der Waals surface area contributed by atoms with E-state index in [9.17, 15) is 13.2 Å². The molecule has 0 spiro atoms. The summed E-state index contributed by atoms with van der Waals surface area (Å²) in [4.78, 5) is 0. The lowest BCUT2D eigenvalue weighted by Gasteiger charge is -2.22. The topological polar surface area (TPSA) is 35.8 Å². The molecule has 0 atom stereocenters. The third-order valence-corrected chi connectivity index (χ3v) is 3.42. The lowest BCUT2D eigenvalue weighted by molar-refractivity contribution is -0.151. The maximum atomic E-state index is 12.7. The van der Waals surface area contributed by atoms with E-state index in [-0.39, 0.29) is 12.8 Å². The SMILES string of the molecule is N#Cc1ccc(NC2(C(F)(F)F)CC2)cc1Br. The van der Waals surface area contributed by atoms with Crippen LogP contribution in [0.2, 0.25) is 0 Å². The predicted molar refractivity (Wildman–Crippen MR) is 60.5 cm³/mol. The minimum Gasteiger partial charge on any atom is -0.371 e. The Bertz CT molecular complexity index is 486. The van der Waals surface area contributed by atoms with Gasteiger partial charge in [0, 0.05) is 10.2 Å². The molecular weight excluding hydrogens is 297 g/mol. The van der Waals surface area contributed by atoms with Gasteiger partial charge in [-0.05, 0) is 47.0 Å². The van der Waals surface area contributed by atoms with Crippen molar-refractivity contribution < 1.29 is 13.2 Å². The average Bonchev–Trinajstić information content (AvgIpc) is 2.98. The molecule has 0 saturated heterocycles. The van der Waals surface area contributed by atoms with Crippen LogP contribution in [0.1, 0.15) is 18.4 Å². The van der Waals surface area contributed by atoms with Gasteiger partial charge in [0.25, 0.3) is 0 Å². The minimum absolute atomic E-state index is 0.0914. The Morgan fingerprint density at radius 2 is 2.00 bits per heavy atom. The van der Waals surface area contributed by atoms with Crippen molar-refractivity contribution in [2.75, 3.05) is 5.32 Å². The molecule has 0 aliphatic heterocycles. The smallest absolute Gasteiger partial charge is 0.371 e. The number of nitriles is 1. The largest absolute Gasteiger partial charge is 0.411 e. The highest BCUT2D eigenvalue weighted by molar-refractivity contribution is 9.10. The number of nitrogens with one attached hydrogen (secondary N) is 1. The molecule has 17 heavy (non-hydrogen) atoms. The first-order chi connectivity index (χ1) is 7.88. The van der Waals surface area contributed by atoms with Gasteiger partial charge < -0.3 is 5.32 Å². The van der Waals surface area contributed by atoms with Crippen molar-refractivity contribution in [1.82, 2.24) is 0 Å². The van der Waals surface area contributed by atoms with Crippen molar-refractivity contribution in [3.63, 3.8) is 0 Å². The van der Waals surface area contributed by atoms with Crippen LogP contribution in [0.15, 0.2) is 22.7 Å². The van der Waals surface area contributed by atoms with Crippen molar-refractivity contribution >= 4 is 21.6 Å². The predicted octanol–water partition coefficient (Wildman–Crippen LogP) is 3.83. The van der Waals surface area contributed by atoms with E-state index in [1.54, 1.807) is 0 Å². The summed E-state index contributed by atoms with van der Waals surface area (Å²) in [5.74, 6) is 0. The molecule has 0 amide bonds. The molecule has 1 aliphatic carbocycles. The lowest BCUT2D eigenvalue weighted by atomic mass is 10.2. The third kappa shape index (κ3) is 2.25. The van der Waals surface area contributed by atoms with Crippen LogP contribution in [0.3, 0.4) is 0 Å². The van der Waals surface area contributed by atoms with Crippen LogP contribution in [-0.2, 0) is 0 Å². The number of hydrogen-bond acceptors (Lipinski definition) is 2. The molecule has 1 aromatic rings. The van der Waals surface area contributed by atoms with Crippen LogP contribution in [-0.4, -0.2) is 11.7 Å². The van der Waals surface area contributed by atoms with Gasteiger partial charge in [0.05, 0.1) is 5.56 Å². The molecule has 2 nitrogen and oxygen atoms in total. The highest BCUT2D eigenvalue weighted by Crippen LogP contribution is 2.51. The summed E-state index contributed by atoms with van der Waals surface area (Å²) < 4.78 is 38.6. The van der Waals surface area contributed by atoms with Crippen molar-refractivity contribution in [2.45, 2.75) is 24.6 Å². The fourth-order valence-electron chi connectivity index (χ4n) is 1.56. The van der Waals surface area contributed by atoms with Gasteiger partial charge in [-0.15, -0.1) is 0 Å². The van der Waals surface area contributed by atoms with Gasteiger partial charge in [0.15, 0.2) is 0 Å². The fraction of sp³-hybridized carbons (Fsp3) is 0.364. The fourth-order valence-corrected chi connectivity index (χ4v) is 2.03. The molecule has 1 fully saturated rings. The summed E-state index contributed by atoms with van der Waals surface area (Å²) in [5.41, 5.74) is -1.02. The Morgan fingerprint density at radius 1 is 1.35 bits per heavy atom. The number of alkyl halides is 3. The molecule has 0 unspecified atom stereocenters. The first-order valence-electron chi connectivity index (χ1n) is 4.92. The molecule has 1 saturated carbocycles. The van der Waals surface area contributed by atoms with Gasteiger partial charge in [0.1, 0.15) is 11.6 Å². The monoisotopic (exact) mass is 304 g/mol. The second-order valence-electron chi connectivity index (χ2n) is 4.01. The maximum absolute atomic E-state index is 12.7. The highest BCUT2D eigenvalue weighted by atomic mass is 79.9. The summed E-state index contributed by atoms with van der Waals surface area (Å²) in [6.45, 7) is 0. The van der Waals surface area contributed by atoms with Crippen LogP contribution in [0, 0.1) is 11.3 Å². The summed E-state index contributed by atoms with van der Waals surface area (Å²) in [6, 6.07) is 6.39. The zero-order valence-corrected chi connectivity index (χ0v) is 10.2. The van der Waals surface area contributed by atoms with Gasteiger partial charge in [0.2, 0.25) is 0 Å². The summed E-state index contributed by atoms with van der Waals surface area (Å²) in [6.07, 6.45) is -4.06. The molecule has 0 aromatic heterocycles. The summed E-state index contributed by atoms with van der Waals surface area (Å²) in [5, 5.41) is 11.2. The van der Waals surface area contributed by atoms with Gasteiger partial charge >= 0.3 is 6.18 Å². The number of hydrogen-bond donors (Lipinski definition) is 1. The van der Waals surface area contributed by atoms with Crippen LogP contribution in [0.4, 0.5) is 18.9 Å². The van der Waals surface area contributed by atoms with Gasteiger partial charge in [-0.1, -0.05) is 0 Å². The highest BCUT2D eigenvalue weighted by Gasteiger charge is 2.63. The molecule has 0 bridgehead atoms. The quantitative estimate of drug-likeness (QED) is 0.901. The average molecular weight is 305 g/mol. The third-order valence-electron chi connectivity index (χ3n) is 2.77. The van der Waals surface area contributed by atoms with Gasteiger partial charge in [-0.2, -0.15) is 18.4 Å². The molecule has 0 radical (unpaired) electrons. The number of rotatable bonds is 2. The van der Waals surface area contributed by atoms with Crippen LogP contribution < -0.4 is 5.32 Å². The maximum Gasteiger partial charge on any atom is 0.411 e. The van der Waals surface area contributed by atoms with E-state index in [2.05, 4.69) is 21.2 Å². The van der Waals surface area contributed by atoms with Crippen molar-refractivity contribution in [2.24, 2.45) is 0 Å². The van der Waals surface area contributed by atoms with Crippen LogP contribution in [0.25, 0.3) is 0 Å².